The molecule has 0 spiro atoms. The number of fused-ring (bicyclic) bond motifs is 1. The molecule has 6 rings (SSSR count). The molecule has 35 heavy (non-hydrogen) atoms. The van der Waals surface area contributed by atoms with Gasteiger partial charge in [0.05, 0.1) is 12.1 Å². The molecule has 1 aromatic heterocycles. The van der Waals surface area contributed by atoms with E-state index in [1.54, 1.807) is 0 Å². The average Bonchev–Trinajstić information content (AvgIpc) is 3.68. The van der Waals surface area contributed by atoms with Crippen molar-refractivity contribution in [1.82, 2.24) is 9.97 Å². The van der Waals surface area contributed by atoms with Crippen LogP contribution < -0.4 is 14.7 Å². The molecule has 3 fully saturated rings. The molecule has 0 bridgehead atoms. The Hall–Kier alpha value is -2.86. The lowest BCUT2D eigenvalue weighted by Crippen LogP contribution is -2.39. The molecule has 1 aliphatic carbocycles. The van der Waals surface area contributed by atoms with Gasteiger partial charge in [-0.15, -0.1) is 0 Å². The highest BCUT2D eigenvalue weighted by Gasteiger charge is 2.31. The van der Waals surface area contributed by atoms with Gasteiger partial charge in [-0.25, -0.2) is 9.97 Å². The van der Waals surface area contributed by atoms with Crippen LogP contribution in [0.5, 0.6) is 0 Å². The molecule has 0 amide bonds. The van der Waals surface area contributed by atoms with Crippen LogP contribution in [-0.2, 0) is 0 Å². The molecule has 0 radical (unpaired) electrons. The van der Waals surface area contributed by atoms with Crippen molar-refractivity contribution >= 4 is 28.1 Å². The summed E-state index contributed by atoms with van der Waals surface area (Å²) in [6, 6.07) is 13.5. The van der Waals surface area contributed by atoms with E-state index in [4.69, 9.17) is 9.97 Å². The zero-order valence-electron chi connectivity index (χ0n) is 21.1. The summed E-state index contributed by atoms with van der Waals surface area (Å²) in [5, 5.41) is 10.6. The van der Waals surface area contributed by atoms with Crippen LogP contribution in [0.1, 0.15) is 60.9 Å². The zero-order chi connectivity index (χ0) is 23.9. The third kappa shape index (κ3) is 4.33. The molecule has 1 saturated carbocycles. The first kappa shape index (κ1) is 22.6. The highest BCUT2D eigenvalue weighted by atomic mass is 16.3. The number of benzene rings is 2. The highest BCUT2D eigenvalue weighted by Crippen LogP contribution is 2.42. The summed E-state index contributed by atoms with van der Waals surface area (Å²) >= 11 is 0. The van der Waals surface area contributed by atoms with Crippen molar-refractivity contribution in [3.05, 3.63) is 53.3 Å². The zero-order valence-corrected chi connectivity index (χ0v) is 21.1. The Labute approximate surface area is 208 Å². The van der Waals surface area contributed by atoms with Crippen LogP contribution in [0.2, 0.25) is 0 Å². The second-order valence-corrected chi connectivity index (χ2v) is 10.6. The third-order valence-corrected chi connectivity index (χ3v) is 8.17. The van der Waals surface area contributed by atoms with E-state index in [1.807, 2.05) is 7.05 Å². The normalized spacial score (nSPS) is 18.7. The molecule has 0 atom stereocenters. The average molecular weight is 472 g/mol. The fraction of sp³-hybridized carbons (Fsp3) is 0.517. The van der Waals surface area contributed by atoms with Crippen molar-refractivity contribution in [2.45, 2.75) is 50.9 Å². The summed E-state index contributed by atoms with van der Waals surface area (Å²) in [5.41, 5.74) is 6.38. The van der Waals surface area contributed by atoms with Gasteiger partial charge in [0.25, 0.3) is 0 Å². The maximum absolute atomic E-state index is 9.48. The first-order valence-electron chi connectivity index (χ1n) is 13.4. The molecule has 6 heteroatoms. The number of aromatic nitrogens is 2. The fourth-order valence-corrected chi connectivity index (χ4v) is 5.80. The molecule has 2 aliphatic heterocycles. The van der Waals surface area contributed by atoms with Gasteiger partial charge in [-0.3, -0.25) is 0 Å². The van der Waals surface area contributed by atoms with Crippen LogP contribution in [-0.4, -0.2) is 61.5 Å². The van der Waals surface area contributed by atoms with E-state index in [0.29, 0.717) is 18.4 Å². The molecule has 184 valence electrons. The molecule has 1 N–H and O–H groups in total. The first-order chi connectivity index (χ1) is 17.1. The second kappa shape index (κ2) is 9.30. The number of piperidine rings is 1. The number of likely N-dealkylation sites (N-methyl/N-ethyl adjacent to an activating group) is 1. The summed E-state index contributed by atoms with van der Waals surface area (Å²) in [6.45, 7) is 7.32. The van der Waals surface area contributed by atoms with E-state index in [9.17, 15) is 5.11 Å². The number of rotatable bonds is 7. The molecule has 2 saturated heterocycles. The maximum atomic E-state index is 9.48. The van der Waals surface area contributed by atoms with Crippen LogP contribution >= 0.6 is 0 Å². The molecule has 3 aliphatic rings. The predicted octanol–water partition coefficient (Wildman–Crippen LogP) is 4.84. The minimum absolute atomic E-state index is 0.143. The van der Waals surface area contributed by atoms with Crippen LogP contribution in [0.25, 0.3) is 10.9 Å². The van der Waals surface area contributed by atoms with Crippen LogP contribution in [0, 0.1) is 6.92 Å². The summed E-state index contributed by atoms with van der Waals surface area (Å²) in [7, 11) is 2.05. The quantitative estimate of drug-likeness (QED) is 0.532. The lowest BCUT2D eigenvalue weighted by Gasteiger charge is -2.39. The van der Waals surface area contributed by atoms with Gasteiger partial charge >= 0.3 is 0 Å². The Morgan fingerprint density at radius 3 is 2.40 bits per heavy atom. The van der Waals surface area contributed by atoms with E-state index in [1.165, 1.54) is 49.2 Å². The Morgan fingerprint density at radius 1 is 0.943 bits per heavy atom. The fourth-order valence-electron chi connectivity index (χ4n) is 5.80. The number of nitrogens with zero attached hydrogens (tertiary/aromatic N) is 5. The molecule has 6 nitrogen and oxygen atoms in total. The topological polar surface area (TPSA) is 55.7 Å². The monoisotopic (exact) mass is 471 g/mol. The number of aliphatic hydroxyl groups is 1. The summed E-state index contributed by atoms with van der Waals surface area (Å²) in [5.74, 6) is 3.25. The summed E-state index contributed by atoms with van der Waals surface area (Å²) in [6.07, 6.45) is 6.02. The van der Waals surface area contributed by atoms with E-state index in [2.05, 4.69) is 58.0 Å². The molecule has 3 heterocycles. The molecule has 2 aromatic carbocycles. The van der Waals surface area contributed by atoms with Crippen molar-refractivity contribution in [2.24, 2.45) is 0 Å². The molecular weight excluding hydrogens is 434 g/mol. The number of aliphatic hydroxyl groups excluding tert-OH is 1. The van der Waals surface area contributed by atoms with Gasteiger partial charge < -0.3 is 19.8 Å². The van der Waals surface area contributed by atoms with Crippen LogP contribution in [0.3, 0.4) is 0 Å². The number of hydrogen-bond acceptors (Lipinski definition) is 6. The number of aryl methyl sites for hydroxylation is 1. The lowest BCUT2D eigenvalue weighted by molar-refractivity contribution is 0.304. The Kier molecular flexibility index (Phi) is 6.01. The van der Waals surface area contributed by atoms with Gasteiger partial charge in [0, 0.05) is 62.5 Å². The first-order valence-corrected chi connectivity index (χ1v) is 13.4. The van der Waals surface area contributed by atoms with Crippen molar-refractivity contribution in [3.63, 3.8) is 0 Å². The predicted molar refractivity (Wildman–Crippen MR) is 144 cm³/mol. The van der Waals surface area contributed by atoms with E-state index in [-0.39, 0.29) is 6.61 Å². The SMILES string of the molecule is Cc1cc2nc(C3CC3)nc(N3CCC(c4ccccc4N4CCC4)CC3)c2cc1N(C)CCO. The van der Waals surface area contributed by atoms with Gasteiger partial charge in [-0.2, -0.15) is 0 Å². The van der Waals surface area contributed by atoms with E-state index < -0.39 is 0 Å². The van der Waals surface area contributed by atoms with Crippen LogP contribution in [0.15, 0.2) is 36.4 Å². The van der Waals surface area contributed by atoms with Crippen molar-refractivity contribution in [2.75, 3.05) is 61.1 Å². The van der Waals surface area contributed by atoms with Crippen molar-refractivity contribution in [1.29, 1.82) is 0 Å². The minimum Gasteiger partial charge on any atom is -0.395 e. The smallest absolute Gasteiger partial charge is 0.140 e. The number of para-hydroxylation sites is 1. The van der Waals surface area contributed by atoms with Gasteiger partial charge in [-0.05, 0) is 74.3 Å². The van der Waals surface area contributed by atoms with Gasteiger partial charge in [0.1, 0.15) is 11.6 Å². The number of hydrogen-bond donors (Lipinski definition) is 1. The van der Waals surface area contributed by atoms with Gasteiger partial charge in [-0.1, -0.05) is 18.2 Å². The Bertz CT molecular complexity index is 1210. The Balaban J connectivity index is 1.31. The van der Waals surface area contributed by atoms with Gasteiger partial charge in [0.2, 0.25) is 0 Å². The molecule has 0 unspecified atom stereocenters. The van der Waals surface area contributed by atoms with Crippen molar-refractivity contribution in [3.8, 4) is 0 Å². The number of anilines is 3. The van der Waals surface area contributed by atoms with Crippen LogP contribution in [0.4, 0.5) is 17.2 Å². The summed E-state index contributed by atoms with van der Waals surface area (Å²) in [4.78, 5) is 17.3. The summed E-state index contributed by atoms with van der Waals surface area (Å²) < 4.78 is 0. The van der Waals surface area contributed by atoms with Gasteiger partial charge in [0.15, 0.2) is 0 Å². The molecular formula is C29H37N5O. The van der Waals surface area contributed by atoms with Crippen molar-refractivity contribution < 1.29 is 5.11 Å². The van der Waals surface area contributed by atoms with E-state index in [0.717, 1.165) is 54.2 Å². The highest BCUT2D eigenvalue weighted by molar-refractivity contribution is 5.93. The maximum Gasteiger partial charge on any atom is 0.140 e. The standard InChI is InChI=1S/C29H37N5O/c1-20-18-25-24(19-27(20)32(2)16-17-35)29(31-28(30-25)22-8-9-22)34-14-10-21(11-15-34)23-6-3-4-7-26(23)33-12-5-13-33/h3-4,6-7,18-19,21-22,35H,5,8-17H2,1-2H3. The van der Waals surface area contributed by atoms with E-state index >= 15 is 0 Å². The second-order valence-electron chi connectivity index (χ2n) is 10.6. The molecule has 3 aromatic rings. The largest absolute Gasteiger partial charge is 0.395 e. The third-order valence-electron chi connectivity index (χ3n) is 8.17. The lowest BCUT2D eigenvalue weighted by atomic mass is 9.87. The Morgan fingerprint density at radius 2 is 1.71 bits per heavy atom. The minimum atomic E-state index is 0.143.